The third-order valence-corrected chi connectivity index (χ3v) is 6.98. The molecule has 0 aromatic heterocycles. The quantitative estimate of drug-likeness (QED) is 0.480. The Kier molecular flexibility index (Phi) is 7.84. The number of sulfonamides is 1. The molecule has 0 aliphatic rings. The average Bonchev–Trinajstić information content (AvgIpc) is 2.78. The molecule has 1 amide bonds. The van der Waals surface area contributed by atoms with Crippen molar-refractivity contribution >= 4 is 31.9 Å². The number of para-hydroxylation sites is 1. The van der Waals surface area contributed by atoms with E-state index in [2.05, 4.69) is 21.2 Å². The monoisotopic (exact) mass is 502 g/mol. The van der Waals surface area contributed by atoms with Crippen LogP contribution in [-0.4, -0.2) is 32.3 Å². The number of methoxy groups -OCH3 is 1. The molecule has 0 fully saturated rings. The highest BCUT2D eigenvalue weighted by Gasteiger charge is 2.27. The fraction of sp³-hybridized carbons (Fsp3) is 0.174. The molecule has 3 aromatic carbocycles. The molecule has 162 valence electrons. The summed E-state index contributed by atoms with van der Waals surface area (Å²) in [5.74, 6) is 0.258. The first-order valence-corrected chi connectivity index (χ1v) is 11.8. The van der Waals surface area contributed by atoms with E-state index >= 15 is 0 Å². The van der Waals surface area contributed by atoms with Gasteiger partial charge in [-0.3, -0.25) is 4.79 Å². The second kappa shape index (κ2) is 10.6. The van der Waals surface area contributed by atoms with E-state index in [-0.39, 0.29) is 24.5 Å². The zero-order valence-corrected chi connectivity index (χ0v) is 19.4. The van der Waals surface area contributed by atoms with E-state index in [1.165, 1.54) is 16.4 Å². The van der Waals surface area contributed by atoms with Crippen molar-refractivity contribution in [2.45, 2.75) is 18.0 Å². The number of nitrogens with one attached hydrogen (secondary N) is 1. The third-order valence-electron chi connectivity index (χ3n) is 4.64. The lowest BCUT2D eigenvalue weighted by molar-refractivity contribution is -0.121. The van der Waals surface area contributed by atoms with Crippen LogP contribution in [0.15, 0.2) is 88.2 Å². The maximum atomic E-state index is 13.3. The molecule has 0 saturated carbocycles. The van der Waals surface area contributed by atoms with Crippen molar-refractivity contribution in [1.82, 2.24) is 9.62 Å². The SMILES string of the molecule is COc1ccccc1CNC(=O)CN(Cc1ccccc1)S(=O)(=O)c1ccc(Br)cc1. The van der Waals surface area contributed by atoms with E-state index in [0.717, 1.165) is 15.6 Å². The number of hydrogen-bond donors (Lipinski definition) is 1. The molecule has 3 rings (SSSR count). The van der Waals surface area contributed by atoms with Crippen LogP contribution in [0.3, 0.4) is 0 Å². The molecule has 0 bridgehead atoms. The van der Waals surface area contributed by atoms with Crippen molar-refractivity contribution in [2.75, 3.05) is 13.7 Å². The van der Waals surface area contributed by atoms with Crippen LogP contribution in [0, 0.1) is 0 Å². The fourth-order valence-electron chi connectivity index (χ4n) is 3.03. The van der Waals surface area contributed by atoms with Gasteiger partial charge in [0.2, 0.25) is 15.9 Å². The van der Waals surface area contributed by atoms with E-state index < -0.39 is 15.9 Å². The highest BCUT2D eigenvalue weighted by Crippen LogP contribution is 2.21. The van der Waals surface area contributed by atoms with Crippen LogP contribution >= 0.6 is 15.9 Å². The number of benzene rings is 3. The lowest BCUT2D eigenvalue weighted by Crippen LogP contribution is -2.40. The molecule has 8 heteroatoms. The Hall–Kier alpha value is -2.68. The summed E-state index contributed by atoms with van der Waals surface area (Å²) in [5, 5.41) is 2.79. The topological polar surface area (TPSA) is 75.7 Å². The van der Waals surface area contributed by atoms with Gasteiger partial charge in [-0.15, -0.1) is 0 Å². The number of ether oxygens (including phenoxy) is 1. The molecule has 0 atom stereocenters. The molecule has 0 aliphatic heterocycles. The zero-order valence-electron chi connectivity index (χ0n) is 17.0. The van der Waals surface area contributed by atoms with Crippen LogP contribution in [0.2, 0.25) is 0 Å². The second-order valence-electron chi connectivity index (χ2n) is 6.80. The van der Waals surface area contributed by atoms with Crippen LogP contribution in [0.5, 0.6) is 5.75 Å². The van der Waals surface area contributed by atoms with Crippen molar-refractivity contribution < 1.29 is 17.9 Å². The molecule has 0 aliphatic carbocycles. The summed E-state index contributed by atoms with van der Waals surface area (Å²) >= 11 is 3.31. The van der Waals surface area contributed by atoms with Gasteiger partial charge < -0.3 is 10.1 Å². The van der Waals surface area contributed by atoms with Gasteiger partial charge in [0.05, 0.1) is 18.6 Å². The summed E-state index contributed by atoms with van der Waals surface area (Å²) in [6, 6.07) is 22.9. The first-order chi connectivity index (χ1) is 14.9. The summed E-state index contributed by atoms with van der Waals surface area (Å²) in [5.41, 5.74) is 1.60. The van der Waals surface area contributed by atoms with Crippen molar-refractivity contribution in [3.05, 3.63) is 94.5 Å². The summed E-state index contributed by atoms with van der Waals surface area (Å²) in [7, 11) is -2.32. The summed E-state index contributed by atoms with van der Waals surface area (Å²) < 4.78 is 33.8. The first kappa shape index (κ1) is 23.0. The fourth-order valence-corrected chi connectivity index (χ4v) is 4.68. The molecule has 0 unspecified atom stereocenters. The van der Waals surface area contributed by atoms with Gasteiger partial charge in [-0.1, -0.05) is 64.5 Å². The van der Waals surface area contributed by atoms with Crippen molar-refractivity contribution in [3.63, 3.8) is 0 Å². The largest absolute Gasteiger partial charge is 0.496 e. The highest BCUT2D eigenvalue weighted by atomic mass is 79.9. The van der Waals surface area contributed by atoms with Crippen LogP contribution in [-0.2, 0) is 27.9 Å². The minimum atomic E-state index is -3.88. The number of carbonyl (C=O) groups is 1. The number of hydrogen-bond acceptors (Lipinski definition) is 4. The van der Waals surface area contributed by atoms with Crippen molar-refractivity contribution in [2.24, 2.45) is 0 Å². The maximum absolute atomic E-state index is 13.3. The molecule has 3 aromatic rings. The van der Waals surface area contributed by atoms with Crippen molar-refractivity contribution in [1.29, 1.82) is 0 Å². The number of amides is 1. The lowest BCUT2D eigenvalue weighted by Gasteiger charge is -2.22. The molecule has 31 heavy (non-hydrogen) atoms. The van der Waals surface area contributed by atoms with Crippen LogP contribution in [0.4, 0.5) is 0 Å². The predicted octanol–water partition coefficient (Wildman–Crippen LogP) is 3.97. The Morgan fingerprint density at radius 1 is 0.968 bits per heavy atom. The Bertz CT molecular complexity index is 1120. The molecule has 0 spiro atoms. The van der Waals surface area contributed by atoms with E-state index in [1.54, 1.807) is 25.3 Å². The van der Waals surface area contributed by atoms with Gasteiger partial charge in [-0.2, -0.15) is 4.31 Å². The average molecular weight is 503 g/mol. The normalized spacial score (nSPS) is 11.3. The van der Waals surface area contributed by atoms with E-state index in [1.807, 2.05) is 48.5 Å². The summed E-state index contributed by atoms with van der Waals surface area (Å²) in [4.78, 5) is 12.8. The van der Waals surface area contributed by atoms with E-state index in [0.29, 0.717) is 5.75 Å². The van der Waals surface area contributed by atoms with Gasteiger partial charge in [0.25, 0.3) is 0 Å². The van der Waals surface area contributed by atoms with Gasteiger partial charge in [-0.25, -0.2) is 8.42 Å². The predicted molar refractivity (Wildman–Crippen MR) is 123 cm³/mol. The Balaban J connectivity index is 1.79. The Morgan fingerprint density at radius 3 is 2.29 bits per heavy atom. The van der Waals surface area contributed by atoms with Crippen molar-refractivity contribution in [3.8, 4) is 5.75 Å². The molecule has 1 N–H and O–H groups in total. The first-order valence-electron chi connectivity index (χ1n) is 9.58. The molecule has 0 saturated heterocycles. The molecule has 0 heterocycles. The number of nitrogens with zero attached hydrogens (tertiary/aromatic N) is 1. The van der Waals surface area contributed by atoms with Gasteiger partial charge in [0.15, 0.2) is 0 Å². The maximum Gasteiger partial charge on any atom is 0.243 e. The Morgan fingerprint density at radius 2 is 1.61 bits per heavy atom. The van der Waals surface area contributed by atoms with Gasteiger partial charge in [0.1, 0.15) is 5.75 Å². The third kappa shape index (κ3) is 6.16. The van der Waals surface area contributed by atoms with E-state index in [4.69, 9.17) is 4.74 Å². The molecular formula is C23H23BrN2O4S. The van der Waals surface area contributed by atoms with Gasteiger partial charge in [0, 0.05) is 23.1 Å². The summed E-state index contributed by atoms with van der Waals surface area (Å²) in [6.45, 7) is 0.0180. The van der Waals surface area contributed by atoms with Crippen LogP contribution in [0.1, 0.15) is 11.1 Å². The van der Waals surface area contributed by atoms with Crippen LogP contribution in [0.25, 0.3) is 0 Å². The number of rotatable bonds is 9. The summed E-state index contributed by atoms with van der Waals surface area (Å²) in [6.07, 6.45) is 0. The molecule has 0 radical (unpaired) electrons. The van der Waals surface area contributed by atoms with Crippen LogP contribution < -0.4 is 10.1 Å². The molecule has 6 nitrogen and oxygen atoms in total. The standard InChI is InChI=1S/C23H23BrN2O4S/c1-30-22-10-6-5-9-19(22)15-25-23(27)17-26(16-18-7-3-2-4-8-18)31(28,29)21-13-11-20(24)12-14-21/h2-14H,15-17H2,1H3,(H,25,27). The van der Waals surface area contributed by atoms with E-state index in [9.17, 15) is 13.2 Å². The minimum Gasteiger partial charge on any atom is -0.496 e. The zero-order chi connectivity index (χ0) is 22.3. The smallest absolute Gasteiger partial charge is 0.243 e. The Labute approximate surface area is 191 Å². The number of carbonyl (C=O) groups excluding carboxylic acids is 1. The highest BCUT2D eigenvalue weighted by molar-refractivity contribution is 9.10. The van der Waals surface area contributed by atoms with Gasteiger partial charge in [-0.05, 0) is 35.9 Å². The molecular weight excluding hydrogens is 480 g/mol. The second-order valence-corrected chi connectivity index (χ2v) is 9.65. The number of halogens is 1. The minimum absolute atomic E-state index is 0.0846. The van der Waals surface area contributed by atoms with Gasteiger partial charge >= 0.3 is 0 Å². The lowest BCUT2D eigenvalue weighted by atomic mass is 10.2.